The Morgan fingerprint density at radius 3 is 2.28 bits per heavy atom. The highest BCUT2D eigenvalue weighted by Crippen LogP contribution is 2.24. The van der Waals surface area contributed by atoms with E-state index in [4.69, 9.17) is 15.2 Å². The zero-order chi connectivity index (χ0) is 13.5. The minimum Gasteiger partial charge on any atom is -0.493 e. The second kappa shape index (κ2) is 7.39. The predicted molar refractivity (Wildman–Crippen MR) is 75.2 cm³/mol. The maximum Gasteiger partial charge on any atom is 0.125 e. The number of ether oxygens (including phenoxy) is 2. The van der Waals surface area contributed by atoms with Crippen molar-refractivity contribution in [3.8, 4) is 5.75 Å². The van der Waals surface area contributed by atoms with Gasteiger partial charge in [0.15, 0.2) is 0 Å². The maximum absolute atomic E-state index is 5.83. The van der Waals surface area contributed by atoms with E-state index in [1.165, 1.54) is 16.7 Å². The summed E-state index contributed by atoms with van der Waals surface area (Å²) in [6.45, 7) is 10.2. The monoisotopic (exact) mass is 251 g/mol. The number of benzene rings is 1. The molecule has 0 spiro atoms. The highest BCUT2D eigenvalue weighted by Gasteiger charge is 2.05. The fourth-order valence-electron chi connectivity index (χ4n) is 1.98. The summed E-state index contributed by atoms with van der Waals surface area (Å²) in [6.07, 6.45) is 1.02. The van der Waals surface area contributed by atoms with Gasteiger partial charge in [0, 0.05) is 13.0 Å². The van der Waals surface area contributed by atoms with E-state index in [0.717, 1.165) is 12.2 Å². The van der Waals surface area contributed by atoms with Crippen LogP contribution in [0.15, 0.2) is 12.1 Å². The van der Waals surface area contributed by atoms with E-state index in [1.807, 2.05) is 6.92 Å². The zero-order valence-corrected chi connectivity index (χ0v) is 12.0. The molecule has 0 aliphatic heterocycles. The summed E-state index contributed by atoms with van der Waals surface area (Å²) in [4.78, 5) is 0. The van der Waals surface area contributed by atoms with Gasteiger partial charge in [0.05, 0.1) is 19.3 Å². The van der Waals surface area contributed by atoms with E-state index in [2.05, 4.69) is 32.9 Å². The molecule has 0 saturated heterocycles. The summed E-state index contributed by atoms with van der Waals surface area (Å²) >= 11 is 0. The topological polar surface area (TPSA) is 44.5 Å². The first-order valence-electron chi connectivity index (χ1n) is 6.57. The normalized spacial score (nSPS) is 12.5. The molecule has 0 radical (unpaired) electrons. The average Bonchev–Trinajstić information content (AvgIpc) is 2.31. The highest BCUT2D eigenvalue weighted by atomic mass is 16.5. The number of hydrogen-bond donors (Lipinski definition) is 1. The minimum absolute atomic E-state index is 0.132. The van der Waals surface area contributed by atoms with E-state index in [9.17, 15) is 0 Å². The third-order valence-electron chi connectivity index (χ3n) is 2.87. The van der Waals surface area contributed by atoms with Gasteiger partial charge in [0.1, 0.15) is 5.75 Å². The van der Waals surface area contributed by atoms with Crippen LogP contribution in [0.4, 0.5) is 0 Å². The van der Waals surface area contributed by atoms with Crippen LogP contribution in [-0.4, -0.2) is 25.9 Å². The van der Waals surface area contributed by atoms with Gasteiger partial charge < -0.3 is 15.2 Å². The Labute approximate surface area is 110 Å². The summed E-state index contributed by atoms with van der Waals surface area (Å²) in [6, 6.07) is 4.30. The Morgan fingerprint density at radius 1 is 1.11 bits per heavy atom. The van der Waals surface area contributed by atoms with E-state index in [0.29, 0.717) is 19.8 Å². The number of rotatable bonds is 7. The summed E-state index contributed by atoms with van der Waals surface area (Å²) in [5.74, 6) is 1.01. The van der Waals surface area contributed by atoms with Gasteiger partial charge >= 0.3 is 0 Å². The van der Waals surface area contributed by atoms with Gasteiger partial charge in [-0.05, 0) is 38.8 Å². The van der Waals surface area contributed by atoms with Crippen molar-refractivity contribution in [1.82, 2.24) is 0 Å². The van der Waals surface area contributed by atoms with Crippen LogP contribution in [0.3, 0.4) is 0 Å². The van der Waals surface area contributed by atoms with Crippen molar-refractivity contribution >= 4 is 0 Å². The van der Waals surface area contributed by atoms with Crippen LogP contribution in [0.25, 0.3) is 0 Å². The SMILES string of the molecule is Cc1cc(C)c(OCCCOC(C)CN)c(C)c1. The molecule has 3 nitrogen and oxygen atoms in total. The molecule has 0 heterocycles. The summed E-state index contributed by atoms with van der Waals surface area (Å²) in [5, 5.41) is 0. The first-order chi connectivity index (χ1) is 8.54. The molecule has 1 unspecified atom stereocenters. The maximum atomic E-state index is 5.83. The molecule has 0 bridgehead atoms. The molecule has 102 valence electrons. The van der Waals surface area contributed by atoms with Crippen molar-refractivity contribution in [3.63, 3.8) is 0 Å². The molecule has 1 rings (SSSR count). The Hall–Kier alpha value is -1.06. The van der Waals surface area contributed by atoms with Gasteiger partial charge in [-0.15, -0.1) is 0 Å². The molecule has 1 aromatic carbocycles. The molecule has 0 aliphatic carbocycles. The predicted octanol–water partition coefficient (Wildman–Crippen LogP) is 2.74. The van der Waals surface area contributed by atoms with Crippen LogP contribution in [0.2, 0.25) is 0 Å². The van der Waals surface area contributed by atoms with Crippen LogP contribution < -0.4 is 10.5 Å². The number of aryl methyl sites for hydroxylation is 3. The minimum atomic E-state index is 0.132. The standard InChI is InChI=1S/C15H25NO2/c1-11-8-12(2)15(13(3)9-11)18-7-5-6-17-14(4)10-16/h8-9,14H,5-7,10,16H2,1-4H3. The molecular weight excluding hydrogens is 226 g/mol. The smallest absolute Gasteiger partial charge is 0.125 e. The summed E-state index contributed by atoms with van der Waals surface area (Å²) in [5.41, 5.74) is 9.15. The molecule has 1 aromatic rings. The van der Waals surface area contributed by atoms with Gasteiger partial charge in [0.25, 0.3) is 0 Å². The molecule has 0 fully saturated rings. The van der Waals surface area contributed by atoms with Gasteiger partial charge in [0.2, 0.25) is 0 Å². The van der Waals surface area contributed by atoms with E-state index >= 15 is 0 Å². The number of hydrogen-bond acceptors (Lipinski definition) is 3. The van der Waals surface area contributed by atoms with Crippen molar-refractivity contribution < 1.29 is 9.47 Å². The third kappa shape index (κ3) is 4.67. The Balaban J connectivity index is 2.36. The molecule has 2 N–H and O–H groups in total. The fraction of sp³-hybridized carbons (Fsp3) is 0.600. The zero-order valence-electron chi connectivity index (χ0n) is 12.0. The lowest BCUT2D eigenvalue weighted by Crippen LogP contribution is -2.21. The lowest BCUT2D eigenvalue weighted by molar-refractivity contribution is 0.0630. The van der Waals surface area contributed by atoms with Crippen molar-refractivity contribution in [2.24, 2.45) is 5.73 Å². The first kappa shape index (κ1) is 15.0. The first-order valence-corrected chi connectivity index (χ1v) is 6.57. The highest BCUT2D eigenvalue weighted by molar-refractivity contribution is 5.42. The quantitative estimate of drug-likeness (QED) is 0.758. The Morgan fingerprint density at radius 2 is 1.72 bits per heavy atom. The van der Waals surface area contributed by atoms with E-state index in [1.54, 1.807) is 0 Å². The van der Waals surface area contributed by atoms with Crippen LogP contribution in [-0.2, 0) is 4.74 Å². The average molecular weight is 251 g/mol. The van der Waals surface area contributed by atoms with Gasteiger partial charge in [-0.3, -0.25) is 0 Å². The second-order valence-electron chi connectivity index (χ2n) is 4.85. The van der Waals surface area contributed by atoms with Crippen molar-refractivity contribution in [1.29, 1.82) is 0 Å². The van der Waals surface area contributed by atoms with Crippen LogP contribution >= 0.6 is 0 Å². The Bertz CT molecular complexity index is 354. The second-order valence-corrected chi connectivity index (χ2v) is 4.85. The van der Waals surface area contributed by atoms with Crippen LogP contribution in [0, 0.1) is 20.8 Å². The lowest BCUT2D eigenvalue weighted by atomic mass is 10.1. The molecule has 18 heavy (non-hydrogen) atoms. The lowest BCUT2D eigenvalue weighted by Gasteiger charge is -2.14. The Kier molecular flexibility index (Phi) is 6.16. The number of nitrogens with two attached hydrogens (primary N) is 1. The van der Waals surface area contributed by atoms with Crippen molar-refractivity contribution in [3.05, 3.63) is 28.8 Å². The van der Waals surface area contributed by atoms with Crippen molar-refractivity contribution in [2.45, 2.75) is 40.2 Å². The fourth-order valence-corrected chi connectivity index (χ4v) is 1.98. The molecule has 3 heteroatoms. The van der Waals surface area contributed by atoms with E-state index < -0.39 is 0 Å². The van der Waals surface area contributed by atoms with E-state index in [-0.39, 0.29) is 6.10 Å². The molecular formula is C15H25NO2. The van der Waals surface area contributed by atoms with Crippen LogP contribution in [0.1, 0.15) is 30.0 Å². The van der Waals surface area contributed by atoms with Crippen LogP contribution in [0.5, 0.6) is 5.75 Å². The summed E-state index contributed by atoms with van der Waals surface area (Å²) < 4.78 is 11.3. The van der Waals surface area contributed by atoms with Gasteiger partial charge in [-0.2, -0.15) is 0 Å². The van der Waals surface area contributed by atoms with Gasteiger partial charge in [-0.25, -0.2) is 0 Å². The summed E-state index contributed by atoms with van der Waals surface area (Å²) in [7, 11) is 0. The van der Waals surface area contributed by atoms with Gasteiger partial charge in [-0.1, -0.05) is 17.7 Å². The molecule has 0 amide bonds. The molecule has 0 saturated carbocycles. The third-order valence-corrected chi connectivity index (χ3v) is 2.87. The molecule has 0 aromatic heterocycles. The molecule has 1 atom stereocenters. The largest absolute Gasteiger partial charge is 0.493 e. The van der Waals surface area contributed by atoms with Crippen molar-refractivity contribution in [2.75, 3.05) is 19.8 Å². The molecule has 0 aliphatic rings.